The molecule has 0 saturated heterocycles. The fourth-order valence-corrected chi connectivity index (χ4v) is 3.84. The molecule has 27 heavy (non-hydrogen) atoms. The van der Waals surface area contributed by atoms with Gasteiger partial charge in [-0.3, -0.25) is 14.7 Å². The van der Waals surface area contributed by atoms with Gasteiger partial charge in [-0.2, -0.15) is 0 Å². The molecule has 0 fully saturated rings. The molecular weight excluding hydrogens is 340 g/mol. The van der Waals surface area contributed by atoms with Crippen molar-refractivity contribution in [2.75, 3.05) is 26.2 Å². The quantitative estimate of drug-likeness (QED) is 0.859. The second kappa shape index (κ2) is 8.06. The molecule has 2 N–H and O–H groups in total. The molecule has 0 bridgehead atoms. The van der Waals surface area contributed by atoms with Gasteiger partial charge < -0.3 is 15.4 Å². The Kier molecular flexibility index (Phi) is 5.36. The van der Waals surface area contributed by atoms with Crippen molar-refractivity contribution in [2.45, 2.75) is 33.0 Å². The number of benzene rings is 1. The van der Waals surface area contributed by atoms with E-state index in [-0.39, 0.29) is 5.91 Å². The number of para-hydroxylation sites is 1. The van der Waals surface area contributed by atoms with E-state index in [1.165, 1.54) is 16.7 Å². The van der Waals surface area contributed by atoms with Gasteiger partial charge in [0.1, 0.15) is 12.4 Å². The van der Waals surface area contributed by atoms with Crippen LogP contribution in [0.3, 0.4) is 0 Å². The highest BCUT2D eigenvalue weighted by molar-refractivity contribution is 5.78. The van der Waals surface area contributed by atoms with E-state index in [0.29, 0.717) is 19.7 Å². The van der Waals surface area contributed by atoms with Crippen LogP contribution in [0.25, 0.3) is 0 Å². The number of hydrogen-bond donors (Lipinski definition) is 2. The van der Waals surface area contributed by atoms with Crippen molar-refractivity contribution in [2.24, 2.45) is 0 Å². The van der Waals surface area contributed by atoms with Crippen molar-refractivity contribution in [1.29, 1.82) is 0 Å². The van der Waals surface area contributed by atoms with Crippen LogP contribution >= 0.6 is 0 Å². The first-order chi connectivity index (χ1) is 13.2. The number of pyridine rings is 1. The van der Waals surface area contributed by atoms with Crippen LogP contribution in [0.1, 0.15) is 27.9 Å². The van der Waals surface area contributed by atoms with Gasteiger partial charge in [-0.1, -0.05) is 18.2 Å². The molecule has 1 amide bonds. The molecule has 0 unspecified atom stereocenters. The van der Waals surface area contributed by atoms with E-state index >= 15 is 0 Å². The molecule has 0 saturated carbocycles. The van der Waals surface area contributed by atoms with E-state index in [2.05, 4.69) is 26.6 Å². The number of fused-ring (bicyclic) bond motifs is 2. The third-order valence-electron chi connectivity index (χ3n) is 5.33. The third kappa shape index (κ3) is 4.12. The lowest BCUT2D eigenvalue weighted by Gasteiger charge is -2.22. The molecule has 4 rings (SSSR count). The SMILES string of the molecule is Cc1ncc2c(c1CNC(=O)CN1CCOc3ccccc3C1)CCNC2. The Morgan fingerprint density at radius 2 is 2.22 bits per heavy atom. The zero-order chi connectivity index (χ0) is 18.6. The number of carbonyl (C=O) groups excluding carboxylic acids is 1. The lowest BCUT2D eigenvalue weighted by atomic mass is 9.96. The van der Waals surface area contributed by atoms with Crippen LogP contribution in [0, 0.1) is 6.92 Å². The zero-order valence-electron chi connectivity index (χ0n) is 15.8. The van der Waals surface area contributed by atoms with Gasteiger partial charge in [0, 0.05) is 43.6 Å². The minimum Gasteiger partial charge on any atom is -0.492 e. The predicted molar refractivity (Wildman–Crippen MR) is 103 cm³/mol. The number of amides is 1. The summed E-state index contributed by atoms with van der Waals surface area (Å²) in [6.07, 6.45) is 2.95. The van der Waals surface area contributed by atoms with Crippen LogP contribution < -0.4 is 15.4 Å². The van der Waals surface area contributed by atoms with Crippen LogP contribution in [0.5, 0.6) is 5.75 Å². The highest BCUT2D eigenvalue weighted by Gasteiger charge is 2.19. The highest BCUT2D eigenvalue weighted by Crippen LogP contribution is 2.22. The lowest BCUT2D eigenvalue weighted by Crippen LogP contribution is -2.38. The van der Waals surface area contributed by atoms with E-state index in [9.17, 15) is 4.79 Å². The largest absolute Gasteiger partial charge is 0.492 e. The fourth-order valence-electron chi connectivity index (χ4n) is 3.84. The minimum absolute atomic E-state index is 0.0420. The van der Waals surface area contributed by atoms with Gasteiger partial charge in [-0.25, -0.2) is 0 Å². The van der Waals surface area contributed by atoms with Crippen molar-refractivity contribution in [3.8, 4) is 5.75 Å². The van der Waals surface area contributed by atoms with Crippen LogP contribution in [0.15, 0.2) is 30.5 Å². The van der Waals surface area contributed by atoms with Gasteiger partial charge >= 0.3 is 0 Å². The Labute approximate surface area is 159 Å². The molecule has 6 nitrogen and oxygen atoms in total. The number of ether oxygens (including phenoxy) is 1. The number of hydrogen-bond acceptors (Lipinski definition) is 5. The first kappa shape index (κ1) is 17.9. The highest BCUT2D eigenvalue weighted by atomic mass is 16.5. The smallest absolute Gasteiger partial charge is 0.234 e. The summed E-state index contributed by atoms with van der Waals surface area (Å²) < 4.78 is 5.78. The normalized spacial score (nSPS) is 16.6. The number of aryl methyl sites for hydroxylation is 1. The topological polar surface area (TPSA) is 66.5 Å². The molecule has 1 aromatic carbocycles. The molecule has 1 aromatic heterocycles. The summed E-state index contributed by atoms with van der Waals surface area (Å²) in [6, 6.07) is 8.04. The van der Waals surface area contributed by atoms with Gasteiger partial charge in [0.2, 0.25) is 5.91 Å². The standard InChI is InChI=1S/C21H26N4O2/c1-15-19(18-6-7-22-10-17(18)11-23-15)12-24-21(26)14-25-8-9-27-20-5-3-2-4-16(20)13-25/h2-5,11,22H,6-10,12-14H2,1H3,(H,24,26). The molecule has 0 radical (unpaired) electrons. The first-order valence-corrected chi connectivity index (χ1v) is 9.57. The average Bonchev–Trinajstić information content (AvgIpc) is 2.89. The van der Waals surface area contributed by atoms with Gasteiger partial charge in [-0.05, 0) is 42.6 Å². The van der Waals surface area contributed by atoms with E-state index < -0.39 is 0 Å². The average molecular weight is 366 g/mol. The number of nitrogens with zero attached hydrogens (tertiary/aromatic N) is 2. The molecule has 0 spiro atoms. The van der Waals surface area contributed by atoms with E-state index in [1.54, 1.807) is 0 Å². The Bertz CT molecular complexity index is 837. The maximum absolute atomic E-state index is 12.6. The molecule has 0 atom stereocenters. The third-order valence-corrected chi connectivity index (χ3v) is 5.33. The monoisotopic (exact) mass is 366 g/mol. The van der Waals surface area contributed by atoms with Gasteiger partial charge in [0.05, 0.1) is 6.54 Å². The van der Waals surface area contributed by atoms with Crippen molar-refractivity contribution >= 4 is 5.91 Å². The summed E-state index contributed by atoms with van der Waals surface area (Å²) in [7, 11) is 0. The molecular formula is C21H26N4O2. The van der Waals surface area contributed by atoms with Crippen molar-refractivity contribution in [3.05, 3.63) is 58.4 Å². The minimum atomic E-state index is 0.0420. The predicted octanol–water partition coefficient (Wildman–Crippen LogP) is 1.55. The molecule has 0 aliphatic carbocycles. The Balaban J connectivity index is 1.38. The second-order valence-corrected chi connectivity index (χ2v) is 7.20. The van der Waals surface area contributed by atoms with Crippen LogP contribution in [0.4, 0.5) is 0 Å². The van der Waals surface area contributed by atoms with Crippen LogP contribution in [0.2, 0.25) is 0 Å². The second-order valence-electron chi connectivity index (χ2n) is 7.20. The maximum atomic E-state index is 12.6. The summed E-state index contributed by atoms with van der Waals surface area (Å²) in [5, 5.41) is 6.47. The van der Waals surface area contributed by atoms with Gasteiger partial charge in [0.15, 0.2) is 0 Å². The van der Waals surface area contributed by atoms with Crippen molar-refractivity contribution < 1.29 is 9.53 Å². The lowest BCUT2D eigenvalue weighted by molar-refractivity contribution is -0.122. The Hall–Kier alpha value is -2.44. The summed E-state index contributed by atoms with van der Waals surface area (Å²) in [5.74, 6) is 0.965. The number of rotatable bonds is 4. The number of nitrogens with one attached hydrogen (secondary N) is 2. The van der Waals surface area contributed by atoms with Crippen molar-refractivity contribution in [3.63, 3.8) is 0 Å². The molecule has 2 aliphatic heterocycles. The Morgan fingerprint density at radius 3 is 3.15 bits per heavy atom. The molecule has 3 heterocycles. The molecule has 2 aromatic rings. The van der Waals surface area contributed by atoms with E-state index in [1.807, 2.05) is 31.3 Å². The van der Waals surface area contributed by atoms with Crippen LogP contribution in [-0.4, -0.2) is 42.0 Å². The Morgan fingerprint density at radius 1 is 1.33 bits per heavy atom. The fraction of sp³-hybridized carbons (Fsp3) is 0.429. The zero-order valence-corrected chi connectivity index (χ0v) is 15.8. The molecule has 6 heteroatoms. The summed E-state index contributed by atoms with van der Waals surface area (Å²) in [4.78, 5) is 19.2. The number of carbonyl (C=O) groups is 1. The summed E-state index contributed by atoms with van der Waals surface area (Å²) in [5.41, 5.74) is 5.91. The number of aromatic nitrogens is 1. The van der Waals surface area contributed by atoms with Crippen LogP contribution in [-0.2, 0) is 30.8 Å². The van der Waals surface area contributed by atoms with E-state index in [4.69, 9.17) is 4.74 Å². The van der Waals surface area contributed by atoms with Gasteiger partial charge in [-0.15, -0.1) is 0 Å². The maximum Gasteiger partial charge on any atom is 0.234 e. The molecule has 2 aliphatic rings. The summed E-state index contributed by atoms with van der Waals surface area (Å²) in [6.45, 7) is 6.86. The summed E-state index contributed by atoms with van der Waals surface area (Å²) >= 11 is 0. The molecule has 142 valence electrons. The first-order valence-electron chi connectivity index (χ1n) is 9.57. The van der Waals surface area contributed by atoms with E-state index in [0.717, 1.165) is 49.6 Å². The van der Waals surface area contributed by atoms with Crippen molar-refractivity contribution in [1.82, 2.24) is 20.5 Å². The van der Waals surface area contributed by atoms with Gasteiger partial charge in [0.25, 0.3) is 0 Å².